The molecule has 0 aliphatic rings. The van der Waals surface area contributed by atoms with E-state index in [4.69, 9.17) is 0 Å². The van der Waals surface area contributed by atoms with Gasteiger partial charge in [0, 0.05) is 41.2 Å². The summed E-state index contributed by atoms with van der Waals surface area (Å²) >= 11 is 3.19. The first-order valence-corrected chi connectivity index (χ1v) is 7.76. The topological polar surface area (TPSA) is 71.3 Å². The summed E-state index contributed by atoms with van der Waals surface area (Å²) in [5, 5.41) is 14.1. The normalized spacial score (nSPS) is 10.3. The van der Waals surface area contributed by atoms with Crippen molar-refractivity contribution in [1.29, 1.82) is 0 Å². The van der Waals surface area contributed by atoms with Crippen LogP contribution in [0.2, 0.25) is 0 Å². The molecule has 0 saturated heterocycles. The average molecular weight is 365 g/mol. The Morgan fingerprint density at radius 1 is 1.27 bits per heavy atom. The van der Waals surface area contributed by atoms with E-state index in [1.165, 1.54) is 12.3 Å². The molecule has 1 aromatic carbocycles. The van der Waals surface area contributed by atoms with Gasteiger partial charge in [0.25, 0.3) is 0 Å². The highest BCUT2D eigenvalue weighted by Gasteiger charge is 2.16. The first-order valence-electron chi connectivity index (χ1n) is 6.97. The summed E-state index contributed by atoms with van der Waals surface area (Å²) in [7, 11) is 0. The summed E-state index contributed by atoms with van der Waals surface area (Å²) in [4.78, 5) is 16.9. The number of benzene rings is 1. The summed E-state index contributed by atoms with van der Waals surface area (Å²) < 4.78 is 0.571. The molecule has 0 bridgehead atoms. The Hall–Kier alpha value is -2.15. The second kappa shape index (κ2) is 7.22. The highest BCUT2D eigenvalue weighted by Crippen LogP contribution is 2.28. The lowest BCUT2D eigenvalue weighted by atomic mass is 10.2. The molecule has 0 saturated carbocycles. The van der Waals surface area contributed by atoms with Crippen molar-refractivity contribution in [2.24, 2.45) is 0 Å². The Morgan fingerprint density at radius 2 is 1.91 bits per heavy atom. The molecule has 1 heterocycles. The van der Waals surface area contributed by atoms with Gasteiger partial charge in [-0.25, -0.2) is 4.98 Å². The fraction of sp³-hybridized carbons (Fsp3) is 0.267. The van der Waals surface area contributed by atoms with Gasteiger partial charge in [-0.15, -0.1) is 0 Å². The van der Waals surface area contributed by atoms with Crippen molar-refractivity contribution >= 4 is 38.8 Å². The SMILES string of the molecule is CCN(CC)c1ccc(Nc2ncc(Br)cc2[N+](=O)[O-])cc1. The van der Waals surface area contributed by atoms with E-state index in [0.717, 1.165) is 24.5 Å². The molecule has 0 spiro atoms. The third kappa shape index (κ3) is 3.73. The molecule has 22 heavy (non-hydrogen) atoms. The monoisotopic (exact) mass is 364 g/mol. The van der Waals surface area contributed by atoms with Crippen molar-refractivity contribution in [1.82, 2.24) is 4.98 Å². The molecule has 0 aliphatic heterocycles. The number of nitro groups is 1. The van der Waals surface area contributed by atoms with Gasteiger partial charge in [-0.3, -0.25) is 10.1 Å². The predicted molar refractivity (Wildman–Crippen MR) is 91.9 cm³/mol. The van der Waals surface area contributed by atoms with E-state index in [1.54, 1.807) is 0 Å². The van der Waals surface area contributed by atoms with Crippen molar-refractivity contribution < 1.29 is 4.92 Å². The molecule has 2 rings (SSSR count). The van der Waals surface area contributed by atoms with E-state index in [9.17, 15) is 10.1 Å². The minimum Gasteiger partial charge on any atom is -0.372 e. The molecular weight excluding hydrogens is 348 g/mol. The standard InChI is InChI=1S/C15H17BrN4O2/c1-3-19(4-2)13-7-5-12(6-8-13)18-15-14(20(21)22)9-11(16)10-17-15/h5-10H,3-4H2,1-2H3,(H,17,18). The zero-order chi connectivity index (χ0) is 16.1. The maximum atomic E-state index is 11.1. The summed E-state index contributed by atoms with van der Waals surface area (Å²) in [5.74, 6) is 0.226. The molecule has 7 heteroatoms. The molecule has 1 aromatic heterocycles. The van der Waals surface area contributed by atoms with Crippen LogP contribution in [-0.2, 0) is 0 Å². The lowest BCUT2D eigenvalue weighted by Crippen LogP contribution is -2.21. The van der Waals surface area contributed by atoms with Gasteiger partial charge >= 0.3 is 5.69 Å². The van der Waals surface area contributed by atoms with Gasteiger partial charge in [0.1, 0.15) is 0 Å². The summed E-state index contributed by atoms with van der Waals surface area (Å²) in [6.07, 6.45) is 1.53. The Kier molecular flexibility index (Phi) is 5.32. The van der Waals surface area contributed by atoms with Crippen LogP contribution in [0, 0.1) is 10.1 Å². The van der Waals surface area contributed by atoms with Gasteiger partial charge in [-0.1, -0.05) is 0 Å². The molecule has 0 amide bonds. The Balaban J connectivity index is 2.23. The largest absolute Gasteiger partial charge is 0.372 e. The van der Waals surface area contributed by atoms with Crippen molar-refractivity contribution in [3.63, 3.8) is 0 Å². The number of hydrogen-bond acceptors (Lipinski definition) is 5. The number of nitrogens with one attached hydrogen (secondary N) is 1. The minimum atomic E-state index is -0.454. The summed E-state index contributed by atoms with van der Waals surface area (Å²) in [6, 6.07) is 9.18. The number of nitrogens with zero attached hydrogens (tertiary/aromatic N) is 3. The van der Waals surface area contributed by atoms with Gasteiger partial charge in [-0.05, 0) is 54.0 Å². The second-order valence-electron chi connectivity index (χ2n) is 4.62. The van der Waals surface area contributed by atoms with Crippen LogP contribution in [0.3, 0.4) is 0 Å². The molecule has 0 unspecified atom stereocenters. The summed E-state index contributed by atoms with van der Waals surface area (Å²) in [6.45, 7) is 6.07. The quantitative estimate of drug-likeness (QED) is 0.609. The number of hydrogen-bond donors (Lipinski definition) is 1. The van der Waals surface area contributed by atoms with Gasteiger partial charge in [0.2, 0.25) is 5.82 Å². The Morgan fingerprint density at radius 3 is 2.45 bits per heavy atom. The fourth-order valence-corrected chi connectivity index (χ4v) is 2.46. The van der Waals surface area contributed by atoms with Crippen molar-refractivity contribution in [3.8, 4) is 0 Å². The van der Waals surface area contributed by atoms with Gasteiger partial charge < -0.3 is 10.2 Å². The van der Waals surface area contributed by atoms with Crippen LogP contribution >= 0.6 is 15.9 Å². The van der Waals surface area contributed by atoms with Crippen LogP contribution in [0.25, 0.3) is 0 Å². The highest BCUT2D eigenvalue weighted by molar-refractivity contribution is 9.10. The molecule has 0 aliphatic carbocycles. The number of halogens is 1. The first kappa shape index (κ1) is 16.2. The van der Waals surface area contributed by atoms with Crippen LogP contribution in [0.5, 0.6) is 0 Å². The van der Waals surface area contributed by atoms with E-state index >= 15 is 0 Å². The highest BCUT2D eigenvalue weighted by atomic mass is 79.9. The van der Waals surface area contributed by atoms with Gasteiger partial charge in [0.05, 0.1) is 4.92 Å². The second-order valence-corrected chi connectivity index (χ2v) is 5.54. The van der Waals surface area contributed by atoms with Gasteiger partial charge in [0.15, 0.2) is 0 Å². The first-order chi connectivity index (χ1) is 10.5. The maximum absolute atomic E-state index is 11.1. The van der Waals surface area contributed by atoms with Crippen molar-refractivity contribution in [3.05, 3.63) is 51.1 Å². The van der Waals surface area contributed by atoms with E-state index < -0.39 is 4.92 Å². The minimum absolute atomic E-state index is 0.0674. The van der Waals surface area contributed by atoms with E-state index in [1.807, 2.05) is 24.3 Å². The molecule has 1 N–H and O–H groups in total. The van der Waals surface area contributed by atoms with Crippen LogP contribution in [0.4, 0.5) is 22.9 Å². The molecule has 2 aromatic rings. The Labute approximate surface area is 137 Å². The van der Waals surface area contributed by atoms with Gasteiger partial charge in [-0.2, -0.15) is 0 Å². The van der Waals surface area contributed by atoms with E-state index in [2.05, 4.69) is 45.0 Å². The predicted octanol–water partition coefficient (Wildman–Crippen LogP) is 4.34. The molecule has 0 radical (unpaired) electrons. The van der Waals surface area contributed by atoms with Crippen molar-refractivity contribution in [2.75, 3.05) is 23.3 Å². The third-order valence-electron chi connectivity index (χ3n) is 3.29. The van der Waals surface area contributed by atoms with Crippen LogP contribution in [0.15, 0.2) is 41.0 Å². The summed E-state index contributed by atoms with van der Waals surface area (Å²) in [5.41, 5.74) is 1.81. The molecule has 0 atom stereocenters. The number of aromatic nitrogens is 1. The zero-order valence-electron chi connectivity index (χ0n) is 12.4. The Bertz CT molecular complexity index is 657. The lowest BCUT2D eigenvalue weighted by Gasteiger charge is -2.21. The number of pyridine rings is 1. The van der Waals surface area contributed by atoms with Crippen LogP contribution in [-0.4, -0.2) is 23.0 Å². The zero-order valence-corrected chi connectivity index (χ0v) is 14.0. The van der Waals surface area contributed by atoms with E-state index in [0.29, 0.717) is 4.47 Å². The average Bonchev–Trinajstić information content (AvgIpc) is 2.51. The maximum Gasteiger partial charge on any atom is 0.312 e. The smallest absolute Gasteiger partial charge is 0.312 e. The number of anilines is 3. The van der Waals surface area contributed by atoms with E-state index in [-0.39, 0.29) is 11.5 Å². The molecule has 116 valence electrons. The third-order valence-corrected chi connectivity index (χ3v) is 3.72. The van der Waals surface area contributed by atoms with Crippen LogP contribution < -0.4 is 10.2 Å². The number of rotatable bonds is 6. The molecular formula is C15H17BrN4O2. The molecule has 0 fully saturated rings. The lowest BCUT2D eigenvalue weighted by molar-refractivity contribution is -0.384. The van der Waals surface area contributed by atoms with Crippen LogP contribution in [0.1, 0.15) is 13.8 Å². The fourth-order valence-electron chi connectivity index (χ4n) is 2.15. The molecule has 6 nitrogen and oxygen atoms in total. The van der Waals surface area contributed by atoms with Crippen molar-refractivity contribution in [2.45, 2.75) is 13.8 Å².